The molecule has 122 valence electrons. The molecule has 1 heterocycles. The van der Waals surface area contributed by atoms with Gasteiger partial charge in [-0.15, -0.1) is 0 Å². The molecule has 0 aliphatic carbocycles. The third kappa shape index (κ3) is 3.98. The minimum Gasteiger partial charge on any atom is -0.302 e. The van der Waals surface area contributed by atoms with Gasteiger partial charge in [-0.2, -0.15) is 5.06 Å². The summed E-state index contributed by atoms with van der Waals surface area (Å²) in [6.45, 7) is 5.29. The van der Waals surface area contributed by atoms with Crippen molar-refractivity contribution in [3.05, 3.63) is 33.8 Å². The van der Waals surface area contributed by atoms with Crippen molar-refractivity contribution in [1.29, 1.82) is 0 Å². The highest BCUT2D eigenvalue weighted by atomic mass is 35.5. The van der Waals surface area contributed by atoms with Crippen LogP contribution < -0.4 is 0 Å². The average molecular weight is 327 g/mol. The number of carbonyl (C=O) groups is 1. The third-order valence-corrected chi connectivity index (χ3v) is 4.49. The van der Waals surface area contributed by atoms with Crippen molar-refractivity contribution < 1.29 is 14.8 Å². The van der Waals surface area contributed by atoms with Crippen molar-refractivity contribution in [3.8, 4) is 0 Å². The Morgan fingerprint density at radius 1 is 1.36 bits per heavy atom. The fourth-order valence-electron chi connectivity index (χ4n) is 2.92. The van der Waals surface area contributed by atoms with Gasteiger partial charge >= 0.3 is 0 Å². The molecule has 0 radical (unpaired) electrons. The molecule has 1 N–H and O–H groups in total. The van der Waals surface area contributed by atoms with Crippen LogP contribution in [-0.4, -0.2) is 47.5 Å². The lowest BCUT2D eigenvalue weighted by molar-refractivity contribution is -0.195. The van der Waals surface area contributed by atoms with E-state index < -0.39 is 0 Å². The van der Waals surface area contributed by atoms with Gasteiger partial charge in [0.05, 0.1) is 19.6 Å². The molecule has 1 fully saturated rings. The minimum absolute atomic E-state index is 0.146. The van der Waals surface area contributed by atoms with Crippen LogP contribution in [0.1, 0.15) is 29.5 Å². The van der Waals surface area contributed by atoms with Gasteiger partial charge in [-0.3, -0.25) is 10.0 Å². The van der Waals surface area contributed by atoms with Crippen molar-refractivity contribution >= 4 is 17.5 Å². The Morgan fingerprint density at radius 3 is 2.41 bits per heavy atom. The summed E-state index contributed by atoms with van der Waals surface area (Å²) in [6.07, 6.45) is 1.60. The number of carbonyl (C=O) groups excluding carboxylic acids is 1. The number of rotatable bonds is 4. The number of hydrogen-bond acceptors (Lipinski definition) is 4. The molecule has 1 saturated heterocycles. The molecule has 0 spiro atoms. The van der Waals surface area contributed by atoms with Gasteiger partial charge in [0.2, 0.25) is 0 Å². The van der Waals surface area contributed by atoms with Crippen molar-refractivity contribution in [2.75, 3.05) is 20.2 Å². The van der Waals surface area contributed by atoms with Crippen molar-refractivity contribution in [3.63, 3.8) is 0 Å². The zero-order valence-corrected chi connectivity index (χ0v) is 14.1. The fourth-order valence-corrected chi connectivity index (χ4v) is 3.25. The number of piperidine rings is 1. The molecule has 1 aromatic rings. The summed E-state index contributed by atoms with van der Waals surface area (Å²) in [5.74, 6) is -0.274. The zero-order valence-electron chi connectivity index (χ0n) is 13.3. The number of halogens is 1. The van der Waals surface area contributed by atoms with Gasteiger partial charge in [-0.1, -0.05) is 11.6 Å². The summed E-state index contributed by atoms with van der Waals surface area (Å²) in [5.41, 5.74) is 2.88. The molecule has 1 aromatic carbocycles. The van der Waals surface area contributed by atoms with Crippen molar-refractivity contribution in [2.45, 2.75) is 39.2 Å². The highest BCUT2D eigenvalue weighted by Crippen LogP contribution is 2.22. The quantitative estimate of drug-likeness (QED) is 0.683. The fraction of sp³-hybridized carbons (Fsp3) is 0.562. The topological polar surface area (TPSA) is 53.0 Å². The maximum atomic E-state index is 12.4. The molecule has 0 bridgehead atoms. The van der Waals surface area contributed by atoms with Crippen LogP contribution in [0.5, 0.6) is 0 Å². The van der Waals surface area contributed by atoms with E-state index in [0.717, 1.165) is 21.8 Å². The van der Waals surface area contributed by atoms with Crippen LogP contribution in [-0.2, 0) is 16.1 Å². The minimum atomic E-state index is -0.274. The molecule has 2 rings (SSSR count). The number of hydroxylamine groups is 4. The molecule has 22 heavy (non-hydrogen) atoms. The summed E-state index contributed by atoms with van der Waals surface area (Å²) in [7, 11) is 1.63. The van der Waals surface area contributed by atoms with E-state index in [1.807, 2.05) is 31.0 Å². The molecule has 0 atom stereocenters. The molecule has 6 heteroatoms. The van der Waals surface area contributed by atoms with Crippen LogP contribution in [0.2, 0.25) is 5.02 Å². The van der Waals surface area contributed by atoms with Gasteiger partial charge in [-0.05, 0) is 55.5 Å². The molecule has 1 aliphatic heterocycles. The lowest BCUT2D eigenvalue weighted by atomic mass is 9.99. The summed E-state index contributed by atoms with van der Waals surface area (Å²) in [6, 6.07) is 3.54. The van der Waals surface area contributed by atoms with Gasteiger partial charge in [0.1, 0.15) is 0 Å². The first-order chi connectivity index (χ1) is 10.4. The average Bonchev–Trinajstić information content (AvgIpc) is 2.50. The second kappa shape index (κ2) is 7.42. The van der Waals surface area contributed by atoms with Crippen LogP contribution in [0.25, 0.3) is 0 Å². The zero-order chi connectivity index (χ0) is 16.3. The SMILES string of the molecule is CON1CCC(N(O)C(=O)Cc2c(C)cc(Cl)cc2C)CC1. The molecule has 0 aromatic heterocycles. The molecule has 0 unspecified atom stereocenters. The van der Waals surface area contributed by atoms with Crippen LogP contribution in [0.3, 0.4) is 0 Å². The Bertz CT molecular complexity index is 519. The largest absolute Gasteiger partial charge is 0.302 e. The van der Waals surface area contributed by atoms with E-state index in [-0.39, 0.29) is 18.4 Å². The standard InChI is InChI=1S/C16H23ClN2O3/c1-11-8-13(17)9-12(2)15(11)10-16(20)19(21)14-4-6-18(22-3)7-5-14/h8-9,14,21H,4-7,10H2,1-3H3. The monoisotopic (exact) mass is 326 g/mol. The van der Waals surface area contributed by atoms with Crippen LogP contribution >= 0.6 is 11.6 Å². The maximum Gasteiger partial charge on any atom is 0.250 e. The summed E-state index contributed by atoms with van der Waals surface area (Å²) < 4.78 is 0. The molecular formula is C16H23ClN2O3. The number of hydrogen-bond donors (Lipinski definition) is 1. The summed E-state index contributed by atoms with van der Waals surface area (Å²) in [4.78, 5) is 17.5. The Hall–Kier alpha value is -1.14. The van der Waals surface area contributed by atoms with Gasteiger partial charge < -0.3 is 4.84 Å². The van der Waals surface area contributed by atoms with E-state index in [9.17, 15) is 10.0 Å². The molecule has 1 aliphatic rings. The number of amides is 1. The van der Waals surface area contributed by atoms with Gasteiger partial charge in [0.15, 0.2) is 0 Å². The lowest BCUT2D eigenvalue weighted by Crippen LogP contribution is -2.46. The number of nitrogens with zero attached hydrogens (tertiary/aromatic N) is 2. The van der Waals surface area contributed by atoms with E-state index in [1.54, 1.807) is 7.11 Å². The summed E-state index contributed by atoms with van der Waals surface area (Å²) >= 11 is 6.01. The Labute approximate surface area is 136 Å². The van der Waals surface area contributed by atoms with Gasteiger partial charge in [-0.25, -0.2) is 5.06 Å². The molecule has 1 amide bonds. The lowest BCUT2D eigenvalue weighted by Gasteiger charge is -2.34. The van der Waals surface area contributed by atoms with E-state index in [4.69, 9.17) is 16.4 Å². The predicted molar refractivity (Wildman–Crippen MR) is 84.9 cm³/mol. The normalized spacial score (nSPS) is 16.8. The maximum absolute atomic E-state index is 12.4. The van der Waals surface area contributed by atoms with E-state index in [2.05, 4.69) is 0 Å². The van der Waals surface area contributed by atoms with Crippen LogP contribution in [0.15, 0.2) is 12.1 Å². The highest BCUT2D eigenvalue weighted by molar-refractivity contribution is 6.30. The van der Waals surface area contributed by atoms with Crippen molar-refractivity contribution in [1.82, 2.24) is 10.1 Å². The molecular weight excluding hydrogens is 304 g/mol. The Kier molecular flexibility index (Phi) is 5.81. The molecule has 5 nitrogen and oxygen atoms in total. The Morgan fingerprint density at radius 2 is 1.91 bits per heavy atom. The first kappa shape index (κ1) is 17.2. The third-order valence-electron chi connectivity index (χ3n) is 4.27. The summed E-state index contributed by atoms with van der Waals surface area (Å²) in [5, 5.41) is 13.6. The van der Waals surface area contributed by atoms with Gasteiger partial charge in [0, 0.05) is 18.1 Å². The first-order valence-corrected chi connectivity index (χ1v) is 7.85. The highest BCUT2D eigenvalue weighted by Gasteiger charge is 2.27. The number of aryl methyl sites for hydroxylation is 2. The molecule has 0 saturated carbocycles. The van der Waals surface area contributed by atoms with Crippen molar-refractivity contribution in [2.24, 2.45) is 0 Å². The van der Waals surface area contributed by atoms with E-state index in [0.29, 0.717) is 31.0 Å². The first-order valence-electron chi connectivity index (χ1n) is 7.48. The van der Waals surface area contributed by atoms with Crippen LogP contribution in [0.4, 0.5) is 0 Å². The van der Waals surface area contributed by atoms with E-state index in [1.165, 1.54) is 0 Å². The Balaban J connectivity index is 2.00. The second-order valence-electron chi connectivity index (χ2n) is 5.78. The van der Waals surface area contributed by atoms with E-state index >= 15 is 0 Å². The van der Waals surface area contributed by atoms with Crippen LogP contribution in [0, 0.1) is 13.8 Å². The second-order valence-corrected chi connectivity index (χ2v) is 6.21. The van der Waals surface area contributed by atoms with Gasteiger partial charge in [0.25, 0.3) is 5.91 Å². The predicted octanol–water partition coefficient (Wildman–Crippen LogP) is 2.74. The smallest absolute Gasteiger partial charge is 0.250 e. The number of benzene rings is 1.